The number of fused-ring (bicyclic) bond motifs is 1. The van der Waals surface area contributed by atoms with Crippen LogP contribution in [0.25, 0.3) is 10.8 Å². The number of likely N-dealkylation sites (N-methyl/N-ethyl adjacent to an activating group) is 1. The second kappa shape index (κ2) is 12.5. The highest BCUT2D eigenvalue weighted by molar-refractivity contribution is 6.09. The monoisotopic (exact) mass is 656 g/mol. The number of hydrogen-bond donors (Lipinski definition) is 2. The molecule has 3 aromatic carbocycles. The van der Waals surface area contributed by atoms with E-state index in [0.29, 0.717) is 22.4 Å². The van der Waals surface area contributed by atoms with E-state index in [0.717, 1.165) is 45.1 Å². The summed E-state index contributed by atoms with van der Waals surface area (Å²) in [6.45, 7) is 2.85. The van der Waals surface area contributed by atoms with Crippen molar-refractivity contribution in [3.05, 3.63) is 116 Å². The number of nitrogens with zero attached hydrogens (tertiary/aromatic N) is 2. The Kier molecular flexibility index (Phi) is 8.39. The summed E-state index contributed by atoms with van der Waals surface area (Å²) in [4.78, 5) is 43.8. The van der Waals surface area contributed by atoms with Crippen molar-refractivity contribution in [2.24, 2.45) is 17.6 Å². The van der Waals surface area contributed by atoms with Crippen molar-refractivity contribution >= 4 is 22.6 Å². The number of hydrogen-bond acceptors (Lipinski definition) is 4. The summed E-state index contributed by atoms with van der Waals surface area (Å²) in [5, 5.41) is 3.07. The molecule has 2 aliphatic carbocycles. The van der Waals surface area contributed by atoms with Crippen LogP contribution in [0.15, 0.2) is 59.4 Å². The van der Waals surface area contributed by atoms with E-state index >= 15 is 8.78 Å². The number of likely N-dealkylation sites (tertiary alicyclic amines) is 1. The van der Waals surface area contributed by atoms with Crippen molar-refractivity contribution in [3.8, 4) is 0 Å². The number of benzene rings is 3. The van der Waals surface area contributed by atoms with Crippen LogP contribution in [0, 0.1) is 36.2 Å². The normalized spacial score (nSPS) is 19.4. The third-order valence-corrected chi connectivity index (χ3v) is 10.6. The first-order valence-corrected chi connectivity index (χ1v) is 16.8. The molecule has 2 amide bonds. The molecular formula is C38H39F3N4O3. The van der Waals surface area contributed by atoms with Crippen LogP contribution in [0.3, 0.4) is 0 Å². The fourth-order valence-corrected chi connectivity index (χ4v) is 7.83. The molecule has 7 rings (SSSR count). The van der Waals surface area contributed by atoms with Crippen molar-refractivity contribution in [2.75, 3.05) is 13.6 Å². The predicted molar refractivity (Wildman–Crippen MR) is 177 cm³/mol. The summed E-state index contributed by atoms with van der Waals surface area (Å²) in [6, 6.07) is 12.7. The smallest absolute Gasteiger partial charge is 0.261 e. The lowest BCUT2D eigenvalue weighted by molar-refractivity contribution is 0.0930. The number of pyridine rings is 1. The average molecular weight is 657 g/mol. The third kappa shape index (κ3) is 5.80. The van der Waals surface area contributed by atoms with E-state index in [4.69, 9.17) is 5.73 Å². The van der Waals surface area contributed by atoms with Crippen LogP contribution in [0.4, 0.5) is 13.2 Å². The minimum atomic E-state index is -0.931. The highest BCUT2D eigenvalue weighted by Crippen LogP contribution is 2.50. The predicted octanol–water partition coefficient (Wildman–Crippen LogP) is 6.34. The number of nitrogens with two attached hydrogens (primary N) is 1. The van der Waals surface area contributed by atoms with Gasteiger partial charge in [0.05, 0.1) is 22.6 Å². The van der Waals surface area contributed by atoms with Crippen LogP contribution < -0.4 is 16.6 Å². The topological polar surface area (TPSA) is 97.4 Å². The lowest BCUT2D eigenvalue weighted by Crippen LogP contribution is -2.38. The maximum absolute atomic E-state index is 16.1. The highest BCUT2D eigenvalue weighted by Gasteiger charge is 2.40. The number of carbonyl (C=O) groups is 2. The fourth-order valence-electron chi connectivity index (χ4n) is 7.83. The minimum absolute atomic E-state index is 0.0251. The molecule has 7 nitrogen and oxygen atoms in total. The summed E-state index contributed by atoms with van der Waals surface area (Å²) in [5.41, 5.74) is 6.84. The van der Waals surface area contributed by atoms with Gasteiger partial charge in [0, 0.05) is 29.6 Å². The van der Waals surface area contributed by atoms with Crippen molar-refractivity contribution in [2.45, 2.75) is 70.0 Å². The SMILES string of the molecule is Cc1c(C(=O)N[C@H](c2cccc(F)c2)C2CC2)c2c([C@@H](c3cccc(F)c3C(N)=O)C3CC3)ccc(F)c2c(=O)n1C[C@H]1CCCN1C. The zero-order valence-electron chi connectivity index (χ0n) is 27.1. The number of nitrogens with one attached hydrogen (secondary N) is 1. The number of carbonyl (C=O) groups excluding carboxylic acids is 2. The Morgan fingerprint density at radius 1 is 0.896 bits per heavy atom. The molecule has 3 aliphatic rings. The maximum atomic E-state index is 16.1. The van der Waals surface area contributed by atoms with Gasteiger partial charge in [0.2, 0.25) is 0 Å². The Morgan fingerprint density at radius 2 is 1.62 bits per heavy atom. The molecule has 2 saturated carbocycles. The van der Waals surface area contributed by atoms with Gasteiger partial charge >= 0.3 is 0 Å². The molecule has 10 heteroatoms. The van der Waals surface area contributed by atoms with E-state index in [-0.39, 0.29) is 46.3 Å². The van der Waals surface area contributed by atoms with Gasteiger partial charge in [0.25, 0.3) is 17.4 Å². The lowest BCUT2D eigenvalue weighted by Gasteiger charge is -2.27. The largest absolute Gasteiger partial charge is 0.365 e. The maximum Gasteiger partial charge on any atom is 0.261 e. The molecule has 3 fully saturated rings. The first-order valence-electron chi connectivity index (χ1n) is 16.8. The molecule has 48 heavy (non-hydrogen) atoms. The molecule has 0 spiro atoms. The molecule has 1 saturated heterocycles. The van der Waals surface area contributed by atoms with Gasteiger partial charge in [-0.1, -0.05) is 30.3 Å². The summed E-state index contributed by atoms with van der Waals surface area (Å²) in [5.74, 6) is -3.97. The van der Waals surface area contributed by atoms with E-state index in [1.165, 1.54) is 34.9 Å². The number of halogens is 3. The van der Waals surface area contributed by atoms with Crippen LogP contribution in [0.1, 0.15) is 93.6 Å². The molecule has 3 atom stereocenters. The van der Waals surface area contributed by atoms with Crippen molar-refractivity contribution in [1.82, 2.24) is 14.8 Å². The van der Waals surface area contributed by atoms with Gasteiger partial charge in [0.1, 0.15) is 17.5 Å². The summed E-state index contributed by atoms with van der Waals surface area (Å²) < 4.78 is 47.1. The number of rotatable bonds is 10. The fraction of sp³-hybridized carbons (Fsp3) is 0.395. The first-order chi connectivity index (χ1) is 23.0. The van der Waals surface area contributed by atoms with E-state index in [1.54, 1.807) is 31.2 Å². The molecule has 2 heterocycles. The summed E-state index contributed by atoms with van der Waals surface area (Å²) in [6.07, 6.45) is 5.04. The van der Waals surface area contributed by atoms with Gasteiger partial charge in [0.15, 0.2) is 0 Å². The van der Waals surface area contributed by atoms with E-state index in [1.807, 2.05) is 7.05 Å². The van der Waals surface area contributed by atoms with Crippen LogP contribution >= 0.6 is 0 Å². The van der Waals surface area contributed by atoms with Crippen LogP contribution in [0.5, 0.6) is 0 Å². The summed E-state index contributed by atoms with van der Waals surface area (Å²) in [7, 11) is 1.99. The molecule has 3 N–H and O–H groups in total. The van der Waals surface area contributed by atoms with Gasteiger partial charge in [-0.25, -0.2) is 13.2 Å². The van der Waals surface area contributed by atoms with Gasteiger partial charge in [-0.2, -0.15) is 0 Å². The Balaban J connectivity index is 1.47. The van der Waals surface area contributed by atoms with E-state index in [9.17, 15) is 18.8 Å². The lowest BCUT2D eigenvalue weighted by atomic mass is 9.80. The second-order valence-electron chi connectivity index (χ2n) is 13.8. The van der Waals surface area contributed by atoms with Gasteiger partial charge in [-0.3, -0.25) is 14.4 Å². The highest BCUT2D eigenvalue weighted by atomic mass is 19.1. The molecule has 4 aromatic rings. The van der Waals surface area contributed by atoms with Gasteiger partial charge in [-0.15, -0.1) is 0 Å². The number of amides is 2. The van der Waals surface area contributed by atoms with Crippen LogP contribution in [-0.4, -0.2) is 40.9 Å². The first kappa shape index (κ1) is 32.1. The van der Waals surface area contributed by atoms with Crippen molar-refractivity contribution in [3.63, 3.8) is 0 Å². The Morgan fingerprint density at radius 3 is 2.27 bits per heavy atom. The van der Waals surface area contributed by atoms with Gasteiger partial charge in [-0.05, 0) is 112 Å². The average Bonchev–Trinajstić information content (AvgIpc) is 3.98. The zero-order chi connectivity index (χ0) is 33.9. The standard InChI is InChI=1S/C38H39F3N4O3/c1-20-30(37(47)43-35(22-13-14-22)23-6-3-7-24(39)18-23)33-27(31(21-11-12-21)26-9-4-10-28(40)32(26)36(42)46)15-16-29(41)34(33)38(48)45(20)19-25-8-5-17-44(25)2/h3-4,6-7,9-10,15-16,18,21-22,25,31,35H,5,8,11-14,17,19H2,1-2H3,(H2,42,46)(H,43,47)/t25-,31-,35+/m1/s1. The van der Waals surface area contributed by atoms with Gasteiger partial charge < -0.3 is 20.5 Å². The third-order valence-electron chi connectivity index (χ3n) is 10.6. The molecule has 1 aromatic heterocycles. The quantitative estimate of drug-likeness (QED) is 0.208. The number of primary amides is 1. The molecule has 1 aliphatic heterocycles. The Labute approximate surface area is 276 Å². The molecule has 0 radical (unpaired) electrons. The summed E-state index contributed by atoms with van der Waals surface area (Å²) >= 11 is 0. The van der Waals surface area contributed by atoms with Crippen LogP contribution in [-0.2, 0) is 6.54 Å². The molecule has 250 valence electrons. The minimum Gasteiger partial charge on any atom is -0.365 e. The Hall–Kier alpha value is -4.44. The van der Waals surface area contributed by atoms with E-state index in [2.05, 4.69) is 10.2 Å². The zero-order valence-corrected chi connectivity index (χ0v) is 27.1. The second-order valence-corrected chi connectivity index (χ2v) is 13.8. The number of aromatic nitrogens is 1. The molecular weight excluding hydrogens is 617 g/mol. The van der Waals surface area contributed by atoms with E-state index < -0.39 is 46.8 Å². The van der Waals surface area contributed by atoms with Crippen LogP contribution in [0.2, 0.25) is 0 Å². The van der Waals surface area contributed by atoms with Crippen molar-refractivity contribution in [1.29, 1.82) is 0 Å². The molecule has 0 bridgehead atoms. The van der Waals surface area contributed by atoms with Crippen molar-refractivity contribution < 1.29 is 22.8 Å². The Bertz CT molecular complexity index is 2000. The molecule has 0 unspecified atom stereocenters.